The molecule has 1 N–H and O–H groups in total. The van der Waals surface area contributed by atoms with Gasteiger partial charge in [-0.15, -0.1) is 0 Å². The molecule has 0 aromatic rings. The molecule has 0 spiro atoms. The van der Waals surface area contributed by atoms with Gasteiger partial charge in [0.15, 0.2) is 0 Å². The van der Waals surface area contributed by atoms with E-state index in [1.54, 1.807) is 0 Å². The summed E-state index contributed by atoms with van der Waals surface area (Å²) in [4.78, 5) is 12.9. The first-order valence-corrected chi connectivity index (χ1v) is 13.6. The highest BCUT2D eigenvalue weighted by atomic mass is 16.4. The molecular formula is C28H55NO2. The molecule has 0 aliphatic carbocycles. The molecule has 0 amide bonds. The highest BCUT2D eigenvalue weighted by molar-refractivity contribution is 5.66. The molecular weight excluding hydrogens is 382 g/mol. The fourth-order valence-electron chi connectivity index (χ4n) is 4.31. The maximum Gasteiger partial charge on any atom is 0.303 e. The van der Waals surface area contributed by atoms with E-state index in [1.165, 1.54) is 109 Å². The van der Waals surface area contributed by atoms with Crippen molar-refractivity contribution in [2.24, 2.45) is 0 Å². The van der Waals surface area contributed by atoms with Crippen molar-refractivity contribution in [2.45, 2.75) is 148 Å². The maximum atomic E-state index is 10.4. The number of aliphatic carboxylic acids is 1. The van der Waals surface area contributed by atoms with Crippen molar-refractivity contribution in [3.8, 4) is 0 Å². The van der Waals surface area contributed by atoms with Gasteiger partial charge in [0.05, 0.1) is 0 Å². The third-order valence-electron chi connectivity index (χ3n) is 6.46. The van der Waals surface area contributed by atoms with Crippen LogP contribution in [0.2, 0.25) is 0 Å². The van der Waals surface area contributed by atoms with Gasteiger partial charge in [0.2, 0.25) is 0 Å². The fourth-order valence-corrected chi connectivity index (χ4v) is 4.31. The summed E-state index contributed by atoms with van der Waals surface area (Å²) in [5.41, 5.74) is 0. The van der Waals surface area contributed by atoms with Gasteiger partial charge >= 0.3 is 5.97 Å². The van der Waals surface area contributed by atoms with Crippen LogP contribution in [-0.2, 0) is 4.79 Å². The van der Waals surface area contributed by atoms with Crippen molar-refractivity contribution in [3.05, 3.63) is 12.2 Å². The molecule has 3 heteroatoms. The van der Waals surface area contributed by atoms with Crippen molar-refractivity contribution < 1.29 is 9.90 Å². The lowest BCUT2D eigenvalue weighted by Crippen LogP contribution is -2.27. The Morgan fingerprint density at radius 2 is 1.10 bits per heavy atom. The van der Waals surface area contributed by atoms with Crippen molar-refractivity contribution in [1.29, 1.82) is 0 Å². The molecule has 0 aromatic heterocycles. The molecule has 3 nitrogen and oxygen atoms in total. The lowest BCUT2D eigenvalue weighted by molar-refractivity contribution is -0.137. The first kappa shape index (κ1) is 30.2. The first-order chi connectivity index (χ1) is 15.1. The fraction of sp³-hybridized carbons (Fsp3) is 0.893. The predicted molar refractivity (Wildman–Crippen MR) is 137 cm³/mol. The Bertz CT molecular complexity index is 406. The molecule has 0 rings (SSSR count). The van der Waals surface area contributed by atoms with Gasteiger partial charge in [-0.05, 0) is 52.6 Å². The van der Waals surface area contributed by atoms with Gasteiger partial charge in [-0.3, -0.25) is 4.79 Å². The Balaban J connectivity index is 3.44. The van der Waals surface area contributed by atoms with E-state index in [2.05, 4.69) is 38.1 Å². The van der Waals surface area contributed by atoms with Crippen molar-refractivity contribution in [3.63, 3.8) is 0 Å². The van der Waals surface area contributed by atoms with Gasteiger partial charge in [0.1, 0.15) is 0 Å². The van der Waals surface area contributed by atoms with Crippen molar-refractivity contribution in [2.75, 3.05) is 14.1 Å². The molecule has 0 heterocycles. The molecule has 0 aromatic carbocycles. The molecule has 0 bridgehead atoms. The molecule has 1 atom stereocenters. The van der Waals surface area contributed by atoms with Crippen LogP contribution in [0.1, 0.15) is 142 Å². The van der Waals surface area contributed by atoms with Crippen LogP contribution in [0.25, 0.3) is 0 Å². The van der Waals surface area contributed by atoms with E-state index in [0.29, 0.717) is 6.42 Å². The lowest BCUT2D eigenvalue weighted by Gasteiger charge is -2.24. The van der Waals surface area contributed by atoms with E-state index in [0.717, 1.165) is 25.3 Å². The standard InChI is InChI=1S/C28H55NO2/c1-4-5-6-7-15-18-21-24-27(29(2)3)25-22-19-16-13-11-9-8-10-12-14-17-20-23-26-28(30)31/h14,17,27H,4-13,15-16,18-26H2,1-3H3,(H,30,31). The zero-order chi connectivity index (χ0) is 23.0. The van der Waals surface area contributed by atoms with Crippen molar-refractivity contribution >= 4 is 5.97 Å². The maximum absolute atomic E-state index is 10.4. The van der Waals surface area contributed by atoms with Crippen LogP contribution in [0.15, 0.2) is 12.2 Å². The van der Waals surface area contributed by atoms with Crippen molar-refractivity contribution in [1.82, 2.24) is 4.90 Å². The van der Waals surface area contributed by atoms with Gasteiger partial charge in [-0.1, -0.05) is 109 Å². The predicted octanol–water partition coefficient (Wildman–Crippen LogP) is 8.77. The molecule has 0 fully saturated rings. The first-order valence-electron chi connectivity index (χ1n) is 13.6. The Labute approximate surface area is 195 Å². The van der Waals surface area contributed by atoms with Gasteiger partial charge in [0.25, 0.3) is 0 Å². The summed E-state index contributed by atoms with van der Waals surface area (Å²) in [5.74, 6) is -0.686. The Hall–Kier alpha value is -0.830. The smallest absolute Gasteiger partial charge is 0.303 e. The number of nitrogens with zero attached hydrogens (tertiary/aromatic N) is 1. The largest absolute Gasteiger partial charge is 0.481 e. The van der Waals surface area contributed by atoms with E-state index < -0.39 is 5.97 Å². The van der Waals surface area contributed by atoms with Crippen LogP contribution in [0.3, 0.4) is 0 Å². The Morgan fingerprint density at radius 3 is 1.55 bits per heavy atom. The topological polar surface area (TPSA) is 40.5 Å². The van der Waals surface area contributed by atoms with E-state index in [4.69, 9.17) is 5.11 Å². The number of rotatable bonds is 24. The number of carboxylic acid groups (broad SMARTS) is 1. The number of carboxylic acids is 1. The monoisotopic (exact) mass is 437 g/mol. The van der Waals surface area contributed by atoms with Crippen LogP contribution in [-0.4, -0.2) is 36.1 Å². The number of hydrogen-bond acceptors (Lipinski definition) is 2. The zero-order valence-corrected chi connectivity index (χ0v) is 21.4. The summed E-state index contributed by atoms with van der Waals surface area (Å²) in [6.45, 7) is 2.29. The Kier molecular flexibility index (Phi) is 23.2. The molecule has 31 heavy (non-hydrogen) atoms. The van der Waals surface area contributed by atoms with Crippen LogP contribution in [0, 0.1) is 0 Å². The molecule has 0 aliphatic rings. The molecule has 0 saturated heterocycles. The summed E-state index contributed by atoms with van der Waals surface area (Å²) in [7, 11) is 4.52. The van der Waals surface area contributed by atoms with Crippen LogP contribution in [0.4, 0.5) is 0 Å². The van der Waals surface area contributed by atoms with Crippen LogP contribution in [0.5, 0.6) is 0 Å². The summed E-state index contributed by atoms with van der Waals surface area (Å²) in [6.07, 6.45) is 31.1. The molecule has 1 unspecified atom stereocenters. The average Bonchev–Trinajstić information content (AvgIpc) is 2.73. The summed E-state index contributed by atoms with van der Waals surface area (Å²) < 4.78 is 0. The van der Waals surface area contributed by atoms with Crippen LogP contribution >= 0.6 is 0 Å². The normalized spacial score (nSPS) is 12.8. The minimum absolute atomic E-state index is 0.291. The molecule has 0 radical (unpaired) electrons. The van der Waals surface area contributed by atoms with Gasteiger partial charge in [0, 0.05) is 12.5 Å². The number of allylic oxidation sites excluding steroid dienone is 2. The van der Waals surface area contributed by atoms with Gasteiger partial charge in [-0.2, -0.15) is 0 Å². The average molecular weight is 438 g/mol. The van der Waals surface area contributed by atoms with E-state index in [1.807, 2.05) is 0 Å². The highest BCUT2D eigenvalue weighted by Gasteiger charge is 2.10. The third-order valence-corrected chi connectivity index (χ3v) is 6.46. The number of hydrogen-bond donors (Lipinski definition) is 1. The third kappa shape index (κ3) is 23.7. The van der Waals surface area contributed by atoms with Gasteiger partial charge in [-0.25, -0.2) is 0 Å². The van der Waals surface area contributed by atoms with E-state index in [9.17, 15) is 4.79 Å². The summed E-state index contributed by atoms with van der Waals surface area (Å²) >= 11 is 0. The SMILES string of the molecule is CCCCCCCCCC(CCCCCCCCCCC=CCCCC(=O)O)N(C)C. The van der Waals surface area contributed by atoms with E-state index in [-0.39, 0.29) is 0 Å². The highest BCUT2D eigenvalue weighted by Crippen LogP contribution is 2.17. The minimum Gasteiger partial charge on any atom is -0.481 e. The minimum atomic E-state index is -0.686. The Morgan fingerprint density at radius 1 is 0.677 bits per heavy atom. The molecule has 184 valence electrons. The second-order valence-corrected chi connectivity index (χ2v) is 9.69. The van der Waals surface area contributed by atoms with E-state index >= 15 is 0 Å². The molecule has 0 saturated carbocycles. The number of unbranched alkanes of at least 4 members (excludes halogenated alkanes) is 15. The second-order valence-electron chi connectivity index (χ2n) is 9.69. The molecule has 0 aliphatic heterocycles. The second kappa shape index (κ2) is 23.8. The van der Waals surface area contributed by atoms with Gasteiger partial charge < -0.3 is 10.0 Å². The lowest BCUT2D eigenvalue weighted by atomic mass is 9.99. The zero-order valence-electron chi connectivity index (χ0n) is 21.4. The summed E-state index contributed by atoms with van der Waals surface area (Å²) in [6, 6.07) is 0.785. The van der Waals surface area contributed by atoms with Crippen LogP contribution < -0.4 is 0 Å². The summed E-state index contributed by atoms with van der Waals surface area (Å²) in [5, 5.41) is 8.59. The number of carbonyl (C=O) groups is 1. The quantitative estimate of drug-likeness (QED) is 0.121.